The van der Waals surface area contributed by atoms with Crippen molar-refractivity contribution in [3.05, 3.63) is 22.7 Å². The van der Waals surface area contributed by atoms with Crippen molar-refractivity contribution in [3.63, 3.8) is 0 Å². The van der Waals surface area contributed by atoms with Crippen molar-refractivity contribution in [1.29, 1.82) is 0 Å². The molecule has 0 aliphatic carbocycles. The molecule has 2 heterocycles. The molecular formula is C13H21N3O2. The van der Waals surface area contributed by atoms with Gasteiger partial charge in [0.1, 0.15) is 0 Å². The second-order valence-corrected chi connectivity index (χ2v) is 5.16. The fraction of sp³-hybridized carbons (Fsp3) is 0.692. The molecule has 0 amide bonds. The Morgan fingerprint density at radius 3 is 2.89 bits per heavy atom. The molecule has 2 rings (SSSR count). The summed E-state index contributed by atoms with van der Waals surface area (Å²) < 4.78 is 7.02. The Bertz CT molecular complexity index is 436. The Kier molecular flexibility index (Phi) is 4.36. The number of hydrogen-bond acceptors (Lipinski definition) is 4. The average Bonchev–Trinajstić information content (AvgIpc) is 2.35. The third kappa shape index (κ3) is 3.32. The highest BCUT2D eigenvalue weighted by Crippen LogP contribution is 2.10. The second-order valence-electron chi connectivity index (χ2n) is 5.16. The lowest BCUT2D eigenvalue weighted by molar-refractivity contribution is 0.0903. The normalized spacial score (nSPS) is 17.1. The lowest BCUT2D eigenvalue weighted by Gasteiger charge is -2.23. The highest BCUT2D eigenvalue weighted by Gasteiger charge is 2.16. The molecule has 1 aromatic heterocycles. The van der Waals surface area contributed by atoms with Gasteiger partial charge in [-0.25, -0.2) is 4.98 Å². The topological polar surface area (TPSA) is 56.1 Å². The summed E-state index contributed by atoms with van der Waals surface area (Å²) in [6, 6.07) is 0.300. The van der Waals surface area contributed by atoms with Gasteiger partial charge in [-0.05, 0) is 18.8 Å². The van der Waals surface area contributed by atoms with Crippen LogP contribution in [-0.2, 0) is 11.3 Å². The van der Waals surface area contributed by atoms with Gasteiger partial charge in [0.05, 0.1) is 0 Å². The maximum Gasteiger partial charge on any atom is 0.293 e. The highest BCUT2D eigenvalue weighted by molar-refractivity contribution is 5.32. The summed E-state index contributed by atoms with van der Waals surface area (Å²) in [4.78, 5) is 16.3. The molecule has 1 aromatic rings. The second kappa shape index (κ2) is 6.00. The molecule has 1 aliphatic heterocycles. The van der Waals surface area contributed by atoms with Gasteiger partial charge in [-0.1, -0.05) is 13.8 Å². The summed E-state index contributed by atoms with van der Waals surface area (Å²) in [6.45, 7) is 6.43. The third-order valence-corrected chi connectivity index (χ3v) is 3.04. The minimum atomic E-state index is -0.0299. The zero-order valence-electron chi connectivity index (χ0n) is 11.1. The number of hydrogen-bond donors (Lipinski definition) is 1. The Labute approximate surface area is 107 Å². The quantitative estimate of drug-likeness (QED) is 0.881. The number of rotatable bonds is 4. The van der Waals surface area contributed by atoms with E-state index in [1.165, 1.54) is 0 Å². The zero-order valence-corrected chi connectivity index (χ0v) is 11.1. The monoisotopic (exact) mass is 251 g/mol. The Balaban J connectivity index is 2.10. The Morgan fingerprint density at radius 2 is 2.22 bits per heavy atom. The van der Waals surface area contributed by atoms with Crippen molar-refractivity contribution in [2.24, 2.45) is 5.92 Å². The molecule has 0 aromatic carbocycles. The van der Waals surface area contributed by atoms with Crippen LogP contribution in [0.15, 0.2) is 17.2 Å². The van der Waals surface area contributed by atoms with Crippen molar-refractivity contribution in [2.75, 3.05) is 18.5 Å². The molecule has 0 saturated carbocycles. The van der Waals surface area contributed by atoms with Gasteiger partial charge in [0.2, 0.25) is 0 Å². The number of nitrogens with zero attached hydrogens (tertiary/aromatic N) is 2. The summed E-state index contributed by atoms with van der Waals surface area (Å²) in [5.74, 6) is 0.908. The predicted octanol–water partition coefficient (Wildman–Crippen LogP) is 1.49. The average molecular weight is 251 g/mol. The lowest BCUT2D eigenvalue weighted by Crippen LogP contribution is -2.33. The van der Waals surface area contributed by atoms with Crippen LogP contribution in [0.25, 0.3) is 0 Å². The first-order valence-electron chi connectivity index (χ1n) is 6.56. The van der Waals surface area contributed by atoms with E-state index in [0.29, 0.717) is 17.8 Å². The number of anilines is 1. The molecule has 5 heteroatoms. The van der Waals surface area contributed by atoms with E-state index in [0.717, 1.165) is 32.6 Å². The van der Waals surface area contributed by atoms with Crippen LogP contribution in [0.4, 0.5) is 5.82 Å². The van der Waals surface area contributed by atoms with Gasteiger partial charge in [0.15, 0.2) is 5.82 Å². The van der Waals surface area contributed by atoms with E-state index in [1.54, 1.807) is 17.0 Å². The first kappa shape index (κ1) is 13.1. The first-order valence-corrected chi connectivity index (χ1v) is 6.56. The van der Waals surface area contributed by atoms with Gasteiger partial charge in [-0.2, -0.15) is 0 Å². The molecule has 0 atom stereocenters. The maximum atomic E-state index is 12.2. The van der Waals surface area contributed by atoms with Gasteiger partial charge in [-0.15, -0.1) is 0 Å². The van der Waals surface area contributed by atoms with Crippen LogP contribution in [0.1, 0.15) is 26.7 Å². The van der Waals surface area contributed by atoms with E-state index in [9.17, 15) is 4.79 Å². The minimum Gasteiger partial charge on any atom is -0.381 e. The molecule has 0 radical (unpaired) electrons. The van der Waals surface area contributed by atoms with Crippen molar-refractivity contribution in [1.82, 2.24) is 9.55 Å². The van der Waals surface area contributed by atoms with E-state index >= 15 is 0 Å². The van der Waals surface area contributed by atoms with Crippen molar-refractivity contribution >= 4 is 5.82 Å². The van der Waals surface area contributed by atoms with E-state index in [-0.39, 0.29) is 5.56 Å². The van der Waals surface area contributed by atoms with Crippen LogP contribution >= 0.6 is 0 Å². The van der Waals surface area contributed by atoms with Crippen LogP contribution in [0.5, 0.6) is 0 Å². The number of nitrogens with one attached hydrogen (secondary N) is 1. The van der Waals surface area contributed by atoms with Gasteiger partial charge in [0.25, 0.3) is 5.56 Å². The summed E-state index contributed by atoms with van der Waals surface area (Å²) in [6.07, 6.45) is 5.29. The summed E-state index contributed by atoms with van der Waals surface area (Å²) in [7, 11) is 0. The molecule has 100 valence electrons. The molecule has 0 spiro atoms. The van der Waals surface area contributed by atoms with Gasteiger partial charge >= 0.3 is 0 Å². The van der Waals surface area contributed by atoms with Gasteiger partial charge < -0.3 is 14.6 Å². The standard InChI is InChI=1S/C13H21N3O2/c1-10(2)9-16-6-5-14-12(13(16)17)15-11-3-7-18-8-4-11/h5-6,10-11H,3-4,7-9H2,1-2H3,(H,14,15). The van der Waals surface area contributed by atoms with Crippen molar-refractivity contribution < 1.29 is 4.74 Å². The molecule has 0 unspecified atom stereocenters. The molecule has 1 N–H and O–H groups in total. The highest BCUT2D eigenvalue weighted by atomic mass is 16.5. The van der Waals surface area contributed by atoms with E-state index in [4.69, 9.17) is 4.74 Å². The van der Waals surface area contributed by atoms with Crippen LogP contribution in [0, 0.1) is 5.92 Å². The van der Waals surface area contributed by atoms with E-state index in [1.807, 2.05) is 0 Å². The van der Waals surface area contributed by atoms with E-state index < -0.39 is 0 Å². The third-order valence-electron chi connectivity index (χ3n) is 3.04. The fourth-order valence-corrected chi connectivity index (χ4v) is 2.12. The van der Waals surface area contributed by atoms with E-state index in [2.05, 4.69) is 24.1 Å². The van der Waals surface area contributed by atoms with Crippen LogP contribution < -0.4 is 10.9 Å². The molecular weight excluding hydrogens is 230 g/mol. The molecule has 5 nitrogen and oxygen atoms in total. The van der Waals surface area contributed by atoms with Gasteiger partial charge in [0, 0.05) is 38.2 Å². The van der Waals surface area contributed by atoms with Crippen molar-refractivity contribution in [3.8, 4) is 0 Å². The first-order chi connectivity index (χ1) is 8.66. The van der Waals surface area contributed by atoms with Crippen LogP contribution in [0.3, 0.4) is 0 Å². The maximum absolute atomic E-state index is 12.2. The number of ether oxygens (including phenoxy) is 1. The zero-order chi connectivity index (χ0) is 13.0. The SMILES string of the molecule is CC(C)Cn1ccnc(NC2CCOCC2)c1=O. The molecule has 0 bridgehead atoms. The summed E-state index contributed by atoms with van der Waals surface area (Å²) in [5, 5.41) is 3.24. The summed E-state index contributed by atoms with van der Waals surface area (Å²) in [5.41, 5.74) is -0.0299. The van der Waals surface area contributed by atoms with Gasteiger partial charge in [-0.3, -0.25) is 4.79 Å². The van der Waals surface area contributed by atoms with Crippen LogP contribution in [0.2, 0.25) is 0 Å². The largest absolute Gasteiger partial charge is 0.381 e. The summed E-state index contributed by atoms with van der Waals surface area (Å²) >= 11 is 0. The molecule has 1 aliphatic rings. The van der Waals surface area contributed by atoms with Crippen molar-refractivity contribution in [2.45, 2.75) is 39.3 Å². The molecule has 1 fully saturated rings. The molecule has 18 heavy (non-hydrogen) atoms. The minimum absolute atomic E-state index is 0.0299. The lowest BCUT2D eigenvalue weighted by atomic mass is 10.1. The Morgan fingerprint density at radius 1 is 1.50 bits per heavy atom. The Hall–Kier alpha value is -1.36. The predicted molar refractivity (Wildman–Crippen MR) is 70.8 cm³/mol. The molecule has 1 saturated heterocycles. The fourth-order valence-electron chi connectivity index (χ4n) is 2.12. The smallest absolute Gasteiger partial charge is 0.293 e. The number of aromatic nitrogens is 2. The van der Waals surface area contributed by atoms with Crippen LogP contribution in [-0.4, -0.2) is 28.8 Å².